The van der Waals surface area contributed by atoms with Gasteiger partial charge < -0.3 is 19.5 Å². The zero-order valence-electron chi connectivity index (χ0n) is 16.5. The SMILES string of the molecule is COC(=O)C1=C(c2ccc(Cl)cc2)Nc2ncnn2[C@H]1c1ccc(OC)c(OC)c1. The third-order valence-electron chi connectivity index (χ3n) is 4.86. The summed E-state index contributed by atoms with van der Waals surface area (Å²) < 4.78 is 17.6. The van der Waals surface area contributed by atoms with Gasteiger partial charge in [-0.1, -0.05) is 29.8 Å². The van der Waals surface area contributed by atoms with E-state index in [9.17, 15) is 4.79 Å². The average molecular weight is 427 g/mol. The van der Waals surface area contributed by atoms with E-state index in [-0.39, 0.29) is 0 Å². The Balaban J connectivity index is 1.96. The fourth-order valence-corrected chi connectivity index (χ4v) is 3.59. The van der Waals surface area contributed by atoms with E-state index < -0.39 is 12.0 Å². The van der Waals surface area contributed by atoms with Crippen molar-refractivity contribution < 1.29 is 19.0 Å². The molecule has 1 aliphatic rings. The number of nitrogens with zero attached hydrogens (tertiary/aromatic N) is 3. The van der Waals surface area contributed by atoms with Gasteiger partial charge in [-0.3, -0.25) is 0 Å². The number of hydrogen-bond acceptors (Lipinski definition) is 7. The van der Waals surface area contributed by atoms with Gasteiger partial charge in [-0.25, -0.2) is 9.48 Å². The minimum Gasteiger partial charge on any atom is -0.493 e. The number of aromatic nitrogens is 3. The monoisotopic (exact) mass is 426 g/mol. The lowest BCUT2D eigenvalue weighted by Gasteiger charge is -2.29. The van der Waals surface area contributed by atoms with E-state index in [0.29, 0.717) is 33.7 Å². The first kappa shape index (κ1) is 19.8. The van der Waals surface area contributed by atoms with Crippen LogP contribution in [0.15, 0.2) is 54.4 Å². The zero-order chi connectivity index (χ0) is 21.3. The molecule has 0 aliphatic carbocycles. The van der Waals surface area contributed by atoms with Crippen LogP contribution >= 0.6 is 11.6 Å². The molecule has 0 unspecified atom stereocenters. The molecule has 0 radical (unpaired) electrons. The smallest absolute Gasteiger partial charge is 0.338 e. The molecule has 1 aliphatic heterocycles. The van der Waals surface area contributed by atoms with Crippen LogP contribution in [0.2, 0.25) is 5.02 Å². The summed E-state index contributed by atoms with van der Waals surface area (Å²) in [6, 6.07) is 12.0. The molecule has 2 heterocycles. The van der Waals surface area contributed by atoms with Gasteiger partial charge in [0.05, 0.1) is 32.6 Å². The molecule has 4 rings (SSSR count). The summed E-state index contributed by atoms with van der Waals surface area (Å²) in [6.07, 6.45) is 1.43. The van der Waals surface area contributed by atoms with E-state index in [2.05, 4.69) is 15.4 Å². The summed E-state index contributed by atoms with van der Waals surface area (Å²) in [5.74, 6) is 1.11. The predicted octanol–water partition coefficient (Wildman–Crippen LogP) is 3.55. The van der Waals surface area contributed by atoms with E-state index in [1.54, 1.807) is 37.1 Å². The second kappa shape index (κ2) is 8.08. The number of nitrogens with one attached hydrogen (secondary N) is 1. The first-order valence-corrected chi connectivity index (χ1v) is 9.42. The lowest BCUT2D eigenvalue weighted by molar-refractivity contribution is -0.136. The van der Waals surface area contributed by atoms with Gasteiger partial charge in [0.15, 0.2) is 11.5 Å². The molecule has 30 heavy (non-hydrogen) atoms. The first-order chi connectivity index (χ1) is 14.6. The summed E-state index contributed by atoms with van der Waals surface area (Å²) in [7, 11) is 4.47. The molecule has 0 saturated heterocycles. The summed E-state index contributed by atoms with van der Waals surface area (Å²) in [5.41, 5.74) is 2.47. The molecule has 0 bridgehead atoms. The Morgan fingerprint density at radius 1 is 1.07 bits per heavy atom. The second-order valence-corrected chi connectivity index (χ2v) is 6.89. The Morgan fingerprint density at radius 3 is 2.47 bits per heavy atom. The molecule has 0 amide bonds. The molecule has 0 saturated carbocycles. The third-order valence-corrected chi connectivity index (χ3v) is 5.11. The van der Waals surface area contributed by atoms with Crippen molar-refractivity contribution >= 4 is 29.2 Å². The van der Waals surface area contributed by atoms with Crippen LogP contribution in [0.4, 0.5) is 5.95 Å². The lowest BCUT2D eigenvalue weighted by atomic mass is 9.92. The highest BCUT2D eigenvalue weighted by Crippen LogP contribution is 2.41. The Kier molecular flexibility index (Phi) is 5.33. The quantitative estimate of drug-likeness (QED) is 0.624. The highest BCUT2D eigenvalue weighted by atomic mass is 35.5. The molecule has 2 aromatic carbocycles. The van der Waals surface area contributed by atoms with Gasteiger partial charge >= 0.3 is 5.97 Å². The van der Waals surface area contributed by atoms with Crippen LogP contribution in [-0.4, -0.2) is 42.1 Å². The predicted molar refractivity (Wildman–Crippen MR) is 112 cm³/mol. The van der Waals surface area contributed by atoms with Crippen LogP contribution in [0.25, 0.3) is 5.70 Å². The Bertz CT molecular complexity index is 1120. The van der Waals surface area contributed by atoms with Crippen molar-refractivity contribution in [3.8, 4) is 11.5 Å². The number of carbonyl (C=O) groups excluding carboxylic acids is 1. The summed E-state index contributed by atoms with van der Waals surface area (Å²) in [6.45, 7) is 0. The Labute approximate surface area is 178 Å². The number of hydrogen-bond donors (Lipinski definition) is 1. The standard InChI is InChI=1S/C21H19ClN4O4/c1-28-15-9-6-13(10-16(15)29-2)19-17(20(27)30-3)18(12-4-7-14(22)8-5-12)25-21-23-11-24-26(19)21/h4-11,19H,1-3H3,(H,23,24,25)/t19-/m0/s1. The highest BCUT2D eigenvalue weighted by molar-refractivity contribution is 6.30. The molecular formula is C21H19ClN4O4. The maximum absolute atomic E-state index is 12.9. The zero-order valence-corrected chi connectivity index (χ0v) is 17.3. The molecule has 1 atom stereocenters. The van der Waals surface area contributed by atoms with Gasteiger partial charge in [-0.15, -0.1) is 0 Å². The lowest BCUT2D eigenvalue weighted by Crippen LogP contribution is -2.29. The van der Waals surface area contributed by atoms with Crippen molar-refractivity contribution in [2.24, 2.45) is 0 Å². The molecule has 0 fully saturated rings. The van der Waals surface area contributed by atoms with Gasteiger partial charge in [0.1, 0.15) is 12.4 Å². The molecule has 9 heteroatoms. The fraction of sp³-hybridized carbons (Fsp3) is 0.190. The molecule has 1 N–H and O–H groups in total. The number of fused-ring (bicyclic) bond motifs is 1. The maximum Gasteiger partial charge on any atom is 0.338 e. The molecule has 1 aromatic heterocycles. The largest absolute Gasteiger partial charge is 0.493 e. The molecule has 8 nitrogen and oxygen atoms in total. The van der Waals surface area contributed by atoms with Crippen molar-refractivity contribution in [2.75, 3.05) is 26.6 Å². The van der Waals surface area contributed by atoms with Crippen molar-refractivity contribution in [1.29, 1.82) is 0 Å². The second-order valence-electron chi connectivity index (χ2n) is 6.46. The van der Waals surface area contributed by atoms with Gasteiger partial charge in [-0.05, 0) is 35.4 Å². The number of esters is 1. The van der Waals surface area contributed by atoms with Crippen molar-refractivity contribution in [2.45, 2.75) is 6.04 Å². The van der Waals surface area contributed by atoms with Gasteiger partial charge in [-0.2, -0.15) is 10.1 Å². The molecule has 3 aromatic rings. The van der Waals surface area contributed by atoms with Crippen LogP contribution in [0.5, 0.6) is 11.5 Å². The van der Waals surface area contributed by atoms with E-state index >= 15 is 0 Å². The normalized spacial score (nSPS) is 15.3. The minimum atomic E-state index is -0.596. The van der Waals surface area contributed by atoms with Crippen molar-refractivity contribution in [1.82, 2.24) is 14.8 Å². The van der Waals surface area contributed by atoms with E-state index in [1.165, 1.54) is 13.4 Å². The van der Waals surface area contributed by atoms with Crippen LogP contribution in [-0.2, 0) is 9.53 Å². The molecule has 0 spiro atoms. The number of rotatable bonds is 5. The highest BCUT2D eigenvalue weighted by Gasteiger charge is 2.36. The van der Waals surface area contributed by atoms with E-state index in [0.717, 1.165) is 11.1 Å². The van der Waals surface area contributed by atoms with Gasteiger partial charge in [0.2, 0.25) is 5.95 Å². The maximum atomic E-state index is 12.9. The number of ether oxygens (including phenoxy) is 3. The van der Waals surface area contributed by atoms with Crippen LogP contribution < -0.4 is 14.8 Å². The fourth-order valence-electron chi connectivity index (χ4n) is 3.47. The number of halogens is 1. The Morgan fingerprint density at radius 2 is 1.80 bits per heavy atom. The van der Waals surface area contributed by atoms with Crippen LogP contribution in [0, 0.1) is 0 Å². The summed E-state index contributed by atoms with van der Waals surface area (Å²) in [5, 5.41) is 8.12. The topological polar surface area (TPSA) is 87.5 Å². The van der Waals surface area contributed by atoms with E-state index in [1.807, 2.05) is 24.3 Å². The van der Waals surface area contributed by atoms with E-state index in [4.69, 9.17) is 25.8 Å². The number of benzene rings is 2. The average Bonchev–Trinajstić information content (AvgIpc) is 3.25. The molecule has 154 valence electrons. The van der Waals surface area contributed by atoms with Gasteiger partial charge in [0.25, 0.3) is 0 Å². The van der Waals surface area contributed by atoms with Crippen molar-refractivity contribution in [3.63, 3.8) is 0 Å². The Hall–Kier alpha value is -3.52. The first-order valence-electron chi connectivity index (χ1n) is 9.04. The summed E-state index contributed by atoms with van der Waals surface area (Å²) in [4.78, 5) is 17.2. The van der Waals surface area contributed by atoms with Crippen LogP contribution in [0.3, 0.4) is 0 Å². The van der Waals surface area contributed by atoms with Crippen molar-refractivity contribution in [3.05, 3.63) is 70.5 Å². The minimum absolute atomic E-state index is 0.380. The number of anilines is 1. The van der Waals surface area contributed by atoms with Crippen LogP contribution in [0.1, 0.15) is 17.2 Å². The third kappa shape index (κ3) is 3.35. The van der Waals surface area contributed by atoms with Gasteiger partial charge in [0, 0.05) is 5.02 Å². The number of carbonyl (C=O) groups is 1. The number of methoxy groups -OCH3 is 3. The summed E-state index contributed by atoms with van der Waals surface area (Å²) >= 11 is 6.05. The molecular weight excluding hydrogens is 408 g/mol.